The molecule has 1 aromatic carbocycles. The predicted octanol–water partition coefficient (Wildman–Crippen LogP) is 5.31. The van der Waals surface area contributed by atoms with Gasteiger partial charge in [0, 0.05) is 22.5 Å². The van der Waals surface area contributed by atoms with E-state index in [0.717, 1.165) is 46.0 Å². The highest BCUT2D eigenvalue weighted by Gasteiger charge is 2.15. The van der Waals surface area contributed by atoms with Gasteiger partial charge in [-0.1, -0.05) is 28.9 Å². The first-order chi connectivity index (χ1) is 13.0. The number of aliphatic carboxylic acids is 1. The van der Waals surface area contributed by atoms with Crippen LogP contribution in [0.15, 0.2) is 49.3 Å². The number of nitrogens with zero attached hydrogens (tertiary/aromatic N) is 2. The van der Waals surface area contributed by atoms with Crippen LogP contribution in [-0.2, 0) is 11.2 Å². The molecule has 0 aliphatic rings. The average molecular weight is 448 g/mol. The summed E-state index contributed by atoms with van der Waals surface area (Å²) in [7, 11) is 0. The second-order valence-electron chi connectivity index (χ2n) is 5.92. The average Bonchev–Trinajstić information content (AvgIpc) is 3.24. The van der Waals surface area contributed by atoms with E-state index in [-0.39, 0.29) is 4.91 Å². The smallest absolute Gasteiger partial charge is 0.342 e. The Hall–Kier alpha value is -2.32. The third kappa shape index (κ3) is 4.90. The molecule has 2 aromatic heterocycles. The number of carboxylic acid groups (broad SMARTS) is 1. The van der Waals surface area contributed by atoms with Crippen LogP contribution < -0.4 is 0 Å². The lowest BCUT2D eigenvalue weighted by molar-refractivity contribution is -0.131. The molecule has 0 amide bonds. The Morgan fingerprint density at radius 1 is 1.37 bits per heavy atom. The molecule has 0 aliphatic carbocycles. The van der Waals surface area contributed by atoms with E-state index in [4.69, 9.17) is 4.42 Å². The van der Waals surface area contributed by atoms with Crippen molar-refractivity contribution >= 4 is 39.7 Å². The number of carboxylic acids is 1. The molecule has 27 heavy (non-hydrogen) atoms. The van der Waals surface area contributed by atoms with Crippen molar-refractivity contribution < 1.29 is 14.3 Å². The van der Waals surface area contributed by atoms with Crippen molar-refractivity contribution in [1.29, 1.82) is 0 Å². The molecular weight excluding hydrogens is 430 g/mol. The fourth-order valence-corrected chi connectivity index (χ4v) is 3.82. The van der Waals surface area contributed by atoms with Crippen molar-refractivity contribution in [1.82, 2.24) is 15.2 Å². The quantitative estimate of drug-likeness (QED) is 0.376. The number of furan rings is 1. The lowest BCUT2D eigenvalue weighted by Crippen LogP contribution is -1.97. The van der Waals surface area contributed by atoms with Crippen molar-refractivity contribution in [2.75, 3.05) is 0 Å². The van der Waals surface area contributed by atoms with Crippen LogP contribution in [0.2, 0.25) is 0 Å². The van der Waals surface area contributed by atoms with Gasteiger partial charge in [0.15, 0.2) is 0 Å². The van der Waals surface area contributed by atoms with Crippen molar-refractivity contribution in [2.24, 2.45) is 0 Å². The fourth-order valence-electron chi connectivity index (χ4n) is 2.43. The Bertz CT molecular complexity index is 994. The summed E-state index contributed by atoms with van der Waals surface area (Å²) in [6.07, 6.45) is 3.19. The minimum Gasteiger partial charge on any atom is -0.477 e. The standard InChI is InChI=1S/C19H18BrN3O3S/c1-3-4-17-21-19(23-22-17)27-16(18(24)25)10-12-6-8-15(26-12)13-7-5-11(2)9-14(13)20/h5-10H,3-4H2,1-2H3,(H,24,25)(H,21,22,23)/b16-10-. The predicted molar refractivity (Wildman–Crippen MR) is 108 cm³/mol. The van der Waals surface area contributed by atoms with E-state index in [9.17, 15) is 9.90 Å². The van der Waals surface area contributed by atoms with Crippen LogP contribution in [-0.4, -0.2) is 26.3 Å². The molecule has 0 saturated heterocycles. The maximum atomic E-state index is 11.6. The molecule has 0 fully saturated rings. The van der Waals surface area contributed by atoms with Gasteiger partial charge in [-0.15, -0.1) is 5.10 Å². The second-order valence-corrected chi connectivity index (χ2v) is 7.78. The molecule has 6 nitrogen and oxygen atoms in total. The summed E-state index contributed by atoms with van der Waals surface area (Å²) in [5.41, 5.74) is 2.04. The van der Waals surface area contributed by atoms with Crippen LogP contribution in [0, 0.1) is 6.92 Å². The Morgan fingerprint density at radius 3 is 2.89 bits per heavy atom. The van der Waals surface area contributed by atoms with Crippen LogP contribution in [0.1, 0.15) is 30.5 Å². The zero-order valence-electron chi connectivity index (χ0n) is 14.8. The summed E-state index contributed by atoms with van der Waals surface area (Å²) in [5.74, 6) is 0.795. The maximum Gasteiger partial charge on any atom is 0.342 e. The summed E-state index contributed by atoms with van der Waals surface area (Å²) in [5, 5.41) is 16.8. The van der Waals surface area contributed by atoms with Crippen molar-refractivity contribution in [3.05, 3.63) is 56.9 Å². The first-order valence-electron chi connectivity index (χ1n) is 8.36. The van der Waals surface area contributed by atoms with Gasteiger partial charge in [-0.2, -0.15) is 0 Å². The highest BCUT2D eigenvalue weighted by atomic mass is 79.9. The Morgan fingerprint density at radius 2 is 2.19 bits per heavy atom. The van der Waals surface area contributed by atoms with Crippen LogP contribution in [0.3, 0.4) is 0 Å². The van der Waals surface area contributed by atoms with Crippen molar-refractivity contribution in [2.45, 2.75) is 31.8 Å². The van der Waals surface area contributed by atoms with E-state index in [1.807, 2.05) is 38.1 Å². The Kier molecular flexibility index (Phi) is 6.18. The number of benzene rings is 1. The minimum atomic E-state index is -1.06. The van der Waals surface area contributed by atoms with E-state index < -0.39 is 5.97 Å². The lowest BCUT2D eigenvalue weighted by Gasteiger charge is -2.02. The van der Waals surface area contributed by atoms with E-state index in [1.54, 1.807) is 6.07 Å². The molecule has 2 N–H and O–H groups in total. The highest BCUT2D eigenvalue weighted by molar-refractivity contribution is 9.10. The van der Waals surface area contributed by atoms with Gasteiger partial charge in [0.25, 0.3) is 0 Å². The third-order valence-corrected chi connectivity index (χ3v) is 5.23. The molecule has 0 unspecified atom stereocenters. The SMILES string of the molecule is CCCc1nc(S/C(=C\c2ccc(-c3ccc(C)cc3Br)o2)C(=O)O)n[nH]1. The zero-order chi connectivity index (χ0) is 19.4. The molecule has 0 bridgehead atoms. The van der Waals surface area contributed by atoms with Gasteiger partial charge in [-0.3, -0.25) is 5.10 Å². The van der Waals surface area contributed by atoms with E-state index in [0.29, 0.717) is 16.7 Å². The molecule has 8 heteroatoms. The number of rotatable bonds is 7. The summed E-state index contributed by atoms with van der Waals surface area (Å²) in [4.78, 5) is 16.0. The molecule has 0 spiro atoms. The second kappa shape index (κ2) is 8.58. The number of hydrogen-bond donors (Lipinski definition) is 2. The largest absolute Gasteiger partial charge is 0.477 e. The number of halogens is 1. The topological polar surface area (TPSA) is 92.0 Å². The van der Waals surface area contributed by atoms with Crippen molar-refractivity contribution in [3.63, 3.8) is 0 Å². The molecular formula is C19H18BrN3O3S. The van der Waals surface area contributed by atoms with Gasteiger partial charge in [0.2, 0.25) is 5.16 Å². The molecule has 3 aromatic rings. The molecule has 0 saturated carbocycles. The maximum absolute atomic E-state index is 11.6. The van der Waals surface area contributed by atoms with Gasteiger partial charge in [0.05, 0.1) is 0 Å². The van der Waals surface area contributed by atoms with E-state index >= 15 is 0 Å². The summed E-state index contributed by atoms with van der Waals surface area (Å²) < 4.78 is 6.74. The van der Waals surface area contributed by atoms with Gasteiger partial charge >= 0.3 is 5.97 Å². The number of carbonyl (C=O) groups is 1. The number of aromatic amines is 1. The molecule has 0 aliphatic heterocycles. The third-order valence-electron chi connectivity index (χ3n) is 3.70. The Balaban J connectivity index is 1.83. The van der Waals surface area contributed by atoms with Gasteiger partial charge in [-0.05, 0) is 54.9 Å². The fraction of sp³-hybridized carbons (Fsp3) is 0.211. The number of aryl methyl sites for hydroxylation is 2. The van der Waals surface area contributed by atoms with Gasteiger partial charge < -0.3 is 9.52 Å². The van der Waals surface area contributed by atoms with Crippen LogP contribution >= 0.6 is 27.7 Å². The van der Waals surface area contributed by atoms with Crippen LogP contribution in [0.4, 0.5) is 0 Å². The first kappa shape index (κ1) is 19.4. The van der Waals surface area contributed by atoms with E-state index in [1.165, 1.54) is 6.08 Å². The first-order valence-corrected chi connectivity index (χ1v) is 9.97. The number of nitrogens with one attached hydrogen (secondary N) is 1. The number of aromatic nitrogens is 3. The normalized spacial score (nSPS) is 11.7. The van der Waals surface area contributed by atoms with Gasteiger partial charge in [0.1, 0.15) is 22.3 Å². The summed E-state index contributed by atoms with van der Waals surface area (Å²) in [6.45, 7) is 4.05. The molecule has 2 heterocycles. The Labute approximate surface area is 169 Å². The van der Waals surface area contributed by atoms with Crippen molar-refractivity contribution in [3.8, 4) is 11.3 Å². The molecule has 0 radical (unpaired) electrons. The number of thioether (sulfide) groups is 1. The van der Waals surface area contributed by atoms with Gasteiger partial charge in [-0.25, -0.2) is 9.78 Å². The van der Waals surface area contributed by atoms with Crippen LogP contribution in [0.5, 0.6) is 0 Å². The molecule has 140 valence electrons. The highest BCUT2D eigenvalue weighted by Crippen LogP contribution is 2.32. The van der Waals surface area contributed by atoms with E-state index in [2.05, 4.69) is 31.1 Å². The molecule has 3 rings (SSSR count). The van der Waals surface area contributed by atoms with Crippen LogP contribution in [0.25, 0.3) is 17.4 Å². The lowest BCUT2D eigenvalue weighted by atomic mass is 10.1. The number of H-pyrrole nitrogens is 1. The summed E-state index contributed by atoms with van der Waals surface area (Å²) in [6, 6.07) is 9.52. The molecule has 0 atom stereocenters. The minimum absolute atomic E-state index is 0.0842. The summed E-state index contributed by atoms with van der Waals surface area (Å²) >= 11 is 4.52. The zero-order valence-corrected chi connectivity index (χ0v) is 17.2. The monoisotopic (exact) mass is 447 g/mol. The number of hydrogen-bond acceptors (Lipinski definition) is 5.